The second-order valence-corrected chi connectivity index (χ2v) is 4.47. The maximum Gasteiger partial charge on any atom is 0.0636 e. The van der Waals surface area contributed by atoms with Gasteiger partial charge in [0.2, 0.25) is 0 Å². The van der Waals surface area contributed by atoms with Crippen LogP contribution in [0.5, 0.6) is 0 Å². The third-order valence-electron chi connectivity index (χ3n) is 2.82. The average molecular weight is 158 g/mol. The minimum Gasteiger partial charge on any atom is -0.378 e. The molecular weight excluding hydrogens is 144 g/mol. The lowest BCUT2D eigenvalue weighted by Gasteiger charge is -2.42. The van der Waals surface area contributed by atoms with Crippen molar-refractivity contribution in [2.75, 3.05) is 13.2 Å². The van der Waals surface area contributed by atoms with Crippen LogP contribution in [0.1, 0.15) is 25.7 Å². The number of hydrogen-bond donors (Lipinski definition) is 1. The van der Waals surface area contributed by atoms with Gasteiger partial charge in [0.05, 0.1) is 18.0 Å². The predicted octanol–water partition coefficient (Wildman–Crippen LogP) is 1.88. The maximum atomic E-state index is 5.17. The summed E-state index contributed by atoms with van der Waals surface area (Å²) in [6, 6.07) is 0. The quantitative estimate of drug-likeness (QED) is 0.573. The van der Waals surface area contributed by atoms with Crippen molar-refractivity contribution in [1.29, 1.82) is 0 Å². The molecule has 0 unspecified atom stereocenters. The highest BCUT2D eigenvalue weighted by Gasteiger charge is 2.43. The van der Waals surface area contributed by atoms with E-state index in [2.05, 4.69) is 12.6 Å². The van der Waals surface area contributed by atoms with Crippen molar-refractivity contribution in [2.24, 2.45) is 5.92 Å². The van der Waals surface area contributed by atoms with E-state index in [0.29, 0.717) is 0 Å². The van der Waals surface area contributed by atoms with Crippen molar-refractivity contribution in [2.45, 2.75) is 30.4 Å². The number of ether oxygens (including phenoxy) is 1. The Kier molecular flexibility index (Phi) is 1.69. The van der Waals surface area contributed by atoms with Crippen molar-refractivity contribution in [3.8, 4) is 0 Å². The van der Waals surface area contributed by atoms with E-state index in [9.17, 15) is 0 Å². The van der Waals surface area contributed by atoms with Crippen LogP contribution in [0.25, 0.3) is 0 Å². The summed E-state index contributed by atoms with van der Waals surface area (Å²) in [6.45, 7) is 1.78. The molecule has 1 aliphatic heterocycles. The summed E-state index contributed by atoms with van der Waals surface area (Å²) in [7, 11) is 0. The third-order valence-corrected chi connectivity index (χ3v) is 3.44. The summed E-state index contributed by atoms with van der Waals surface area (Å²) < 4.78 is 5.45. The number of rotatable bonds is 1. The lowest BCUT2D eigenvalue weighted by atomic mass is 9.88. The number of thiol groups is 1. The molecule has 1 aliphatic carbocycles. The zero-order chi connectivity index (χ0) is 7.03. The first-order valence-corrected chi connectivity index (χ1v) is 4.56. The molecule has 2 fully saturated rings. The molecule has 1 saturated heterocycles. The Morgan fingerprint density at radius 2 is 1.80 bits per heavy atom. The highest BCUT2D eigenvalue weighted by molar-refractivity contribution is 7.82. The van der Waals surface area contributed by atoms with Crippen LogP contribution < -0.4 is 0 Å². The summed E-state index contributed by atoms with van der Waals surface area (Å²) in [4.78, 5) is 0. The highest BCUT2D eigenvalue weighted by Crippen LogP contribution is 2.42. The Morgan fingerprint density at radius 1 is 1.20 bits per heavy atom. The highest BCUT2D eigenvalue weighted by atomic mass is 32.1. The van der Waals surface area contributed by atoms with Gasteiger partial charge in [-0.25, -0.2) is 0 Å². The van der Waals surface area contributed by atoms with Gasteiger partial charge in [-0.2, -0.15) is 12.6 Å². The largest absolute Gasteiger partial charge is 0.378 e. The van der Waals surface area contributed by atoms with Gasteiger partial charge in [-0.1, -0.05) is 12.8 Å². The van der Waals surface area contributed by atoms with Gasteiger partial charge < -0.3 is 4.74 Å². The van der Waals surface area contributed by atoms with Gasteiger partial charge in [0, 0.05) is 0 Å². The van der Waals surface area contributed by atoms with Crippen molar-refractivity contribution >= 4 is 12.6 Å². The first kappa shape index (κ1) is 6.99. The predicted molar refractivity (Wildman–Crippen MR) is 44.5 cm³/mol. The molecule has 1 saturated carbocycles. The van der Waals surface area contributed by atoms with E-state index in [-0.39, 0.29) is 4.75 Å². The van der Waals surface area contributed by atoms with E-state index < -0.39 is 0 Å². The molecule has 0 bridgehead atoms. The van der Waals surface area contributed by atoms with E-state index in [0.717, 1.165) is 19.1 Å². The van der Waals surface area contributed by atoms with Gasteiger partial charge in [0.25, 0.3) is 0 Å². The van der Waals surface area contributed by atoms with Gasteiger partial charge in [-0.05, 0) is 18.8 Å². The SMILES string of the molecule is SC1(C2CCCC2)COC1. The maximum absolute atomic E-state index is 5.17. The van der Waals surface area contributed by atoms with E-state index in [4.69, 9.17) is 4.74 Å². The zero-order valence-electron chi connectivity index (χ0n) is 6.18. The molecule has 0 atom stereocenters. The van der Waals surface area contributed by atoms with Crippen molar-refractivity contribution in [3.63, 3.8) is 0 Å². The van der Waals surface area contributed by atoms with Gasteiger partial charge in [0.1, 0.15) is 0 Å². The molecule has 1 nitrogen and oxygen atoms in total. The summed E-state index contributed by atoms with van der Waals surface area (Å²) in [5, 5.41) is 0. The van der Waals surface area contributed by atoms with Crippen LogP contribution in [-0.4, -0.2) is 18.0 Å². The van der Waals surface area contributed by atoms with E-state index in [1.165, 1.54) is 25.7 Å². The molecule has 0 aromatic carbocycles. The third kappa shape index (κ3) is 0.978. The standard InChI is InChI=1S/C8H14OS/c10-8(5-9-6-8)7-3-1-2-4-7/h7,10H,1-6H2. The first-order valence-electron chi connectivity index (χ1n) is 4.11. The van der Waals surface area contributed by atoms with Crippen molar-refractivity contribution < 1.29 is 4.74 Å². The average Bonchev–Trinajstić information content (AvgIpc) is 2.33. The lowest BCUT2D eigenvalue weighted by molar-refractivity contribution is -0.0330. The van der Waals surface area contributed by atoms with Crippen LogP contribution >= 0.6 is 12.6 Å². The van der Waals surface area contributed by atoms with Crippen LogP contribution in [0.4, 0.5) is 0 Å². The van der Waals surface area contributed by atoms with Crippen LogP contribution in [0.15, 0.2) is 0 Å². The summed E-state index contributed by atoms with van der Waals surface area (Å²) >= 11 is 4.64. The minimum absolute atomic E-state index is 0.274. The van der Waals surface area contributed by atoms with E-state index in [1.54, 1.807) is 0 Å². The van der Waals surface area contributed by atoms with Crippen molar-refractivity contribution in [3.05, 3.63) is 0 Å². The Balaban J connectivity index is 1.96. The fraction of sp³-hybridized carbons (Fsp3) is 1.00. The monoisotopic (exact) mass is 158 g/mol. The second-order valence-electron chi connectivity index (χ2n) is 3.58. The molecule has 0 aromatic heterocycles. The molecule has 0 aromatic rings. The van der Waals surface area contributed by atoms with E-state index >= 15 is 0 Å². The van der Waals surface area contributed by atoms with Gasteiger partial charge in [0.15, 0.2) is 0 Å². The molecule has 2 aliphatic rings. The minimum atomic E-state index is 0.274. The number of hydrogen-bond acceptors (Lipinski definition) is 2. The van der Waals surface area contributed by atoms with Crippen LogP contribution in [0, 0.1) is 5.92 Å². The molecule has 0 amide bonds. The van der Waals surface area contributed by atoms with E-state index in [1.807, 2.05) is 0 Å². The molecule has 2 heteroatoms. The van der Waals surface area contributed by atoms with Gasteiger partial charge in [-0.15, -0.1) is 0 Å². The smallest absolute Gasteiger partial charge is 0.0636 e. The molecule has 58 valence electrons. The molecule has 0 radical (unpaired) electrons. The van der Waals surface area contributed by atoms with Gasteiger partial charge in [-0.3, -0.25) is 0 Å². The van der Waals surface area contributed by atoms with Crippen LogP contribution in [-0.2, 0) is 4.74 Å². The Bertz CT molecular complexity index is 125. The molecule has 0 spiro atoms. The summed E-state index contributed by atoms with van der Waals surface area (Å²) in [5.74, 6) is 0.851. The normalized spacial score (nSPS) is 32.1. The Hall–Kier alpha value is 0.310. The van der Waals surface area contributed by atoms with Crippen molar-refractivity contribution in [1.82, 2.24) is 0 Å². The first-order chi connectivity index (χ1) is 4.81. The Labute approximate surface area is 67.6 Å². The fourth-order valence-corrected chi connectivity index (χ4v) is 2.45. The zero-order valence-corrected chi connectivity index (χ0v) is 7.07. The lowest BCUT2D eigenvalue weighted by Crippen LogP contribution is -2.49. The second kappa shape index (κ2) is 2.42. The topological polar surface area (TPSA) is 9.23 Å². The fourth-order valence-electron chi connectivity index (χ4n) is 2.01. The molecule has 1 heterocycles. The molecule has 2 rings (SSSR count). The molecule has 10 heavy (non-hydrogen) atoms. The van der Waals surface area contributed by atoms with Gasteiger partial charge >= 0.3 is 0 Å². The summed E-state index contributed by atoms with van der Waals surface area (Å²) in [5.41, 5.74) is 0. The molecule has 0 N–H and O–H groups in total. The molecular formula is C8H14OS. The van der Waals surface area contributed by atoms with Crippen LogP contribution in [0.3, 0.4) is 0 Å². The Morgan fingerprint density at radius 3 is 2.20 bits per heavy atom. The summed E-state index contributed by atoms with van der Waals surface area (Å²) in [6.07, 6.45) is 5.58. The van der Waals surface area contributed by atoms with Crippen LogP contribution in [0.2, 0.25) is 0 Å².